The van der Waals surface area contributed by atoms with E-state index in [1.54, 1.807) is 11.3 Å². The Hall–Kier alpha value is -2.01. The molecule has 2 aromatic rings. The number of hydrogen-bond acceptors (Lipinski definition) is 7. The number of primary sulfonamides is 1. The average molecular weight is 396 g/mol. The van der Waals surface area contributed by atoms with Crippen molar-refractivity contribution in [3.05, 3.63) is 50.7 Å². The topological polar surface area (TPSA) is 119 Å². The summed E-state index contributed by atoms with van der Waals surface area (Å²) in [6, 6.07) is 5.92. The monoisotopic (exact) mass is 396 g/mol. The zero-order valence-corrected chi connectivity index (χ0v) is 15.6. The fraction of sp³-hybridized carbons (Fsp3) is 0.375. The second kappa shape index (κ2) is 7.70. The Bertz CT molecular complexity index is 876. The smallest absolute Gasteiger partial charge is 0.293 e. The van der Waals surface area contributed by atoms with Gasteiger partial charge in [-0.15, -0.1) is 0 Å². The van der Waals surface area contributed by atoms with E-state index in [-0.39, 0.29) is 16.6 Å². The molecule has 10 heteroatoms. The summed E-state index contributed by atoms with van der Waals surface area (Å²) < 4.78 is 22.8. The predicted octanol–water partition coefficient (Wildman–Crippen LogP) is 2.38. The third kappa shape index (κ3) is 4.58. The normalized spacial score (nSPS) is 16.5. The molecule has 0 bridgehead atoms. The van der Waals surface area contributed by atoms with E-state index in [0.29, 0.717) is 5.69 Å². The number of nitro benzene ring substituents is 1. The van der Waals surface area contributed by atoms with Gasteiger partial charge in [0.1, 0.15) is 5.69 Å². The van der Waals surface area contributed by atoms with Crippen LogP contribution in [0.4, 0.5) is 11.4 Å². The van der Waals surface area contributed by atoms with E-state index in [1.807, 2.05) is 0 Å². The van der Waals surface area contributed by atoms with Gasteiger partial charge in [0, 0.05) is 31.7 Å². The molecule has 0 saturated carbocycles. The van der Waals surface area contributed by atoms with Gasteiger partial charge in [0.15, 0.2) is 0 Å². The largest absolute Gasteiger partial charge is 0.377 e. The van der Waals surface area contributed by atoms with Gasteiger partial charge in [-0.05, 0) is 47.4 Å². The fourth-order valence-corrected chi connectivity index (χ4v) is 4.25. The van der Waals surface area contributed by atoms with Crippen LogP contribution in [0.2, 0.25) is 0 Å². The van der Waals surface area contributed by atoms with Gasteiger partial charge in [-0.3, -0.25) is 15.0 Å². The highest BCUT2D eigenvalue weighted by atomic mass is 32.2. The Morgan fingerprint density at radius 2 is 2.04 bits per heavy atom. The van der Waals surface area contributed by atoms with Crippen LogP contribution in [-0.4, -0.2) is 37.4 Å². The van der Waals surface area contributed by atoms with E-state index in [2.05, 4.69) is 27.0 Å². The summed E-state index contributed by atoms with van der Waals surface area (Å²) in [5.41, 5.74) is 1.34. The number of rotatable bonds is 6. The van der Waals surface area contributed by atoms with Crippen LogP contribution in [0.5, 0.6) is 0 Å². The van der Waals surface area contributed by atoms with Crippen LogP contribution in [0.15, 0.2) is 39.9 Å². The highest BCUT2D eigenvalue weighted by molar-refractivity contribution is 7.89. The minimum atomic E-state index is -3.98. The summed E-state index contributed by atoms with van der Waals surface area (Å²) >= 11 is 1.68. The van der Waals surface area contributed by atoms with Crippen LogP contribution in [0, 0.1) is 10.1 Å². The van der Waals surface area contributed by atoms with Crippen LogP contribution in [0.1, 0.15) is 18.4 Å². The van der Waals surface area contributed by atoms with Crippen molar-refractivity contribution in [2.75, 3.05) is 18.4 Å². The minimum absolute atomic E-state index is 0.104. The number of nitrogens with zero attached hydrogens (tertiary/aromatic N) is 2. The van der Waals surface area contributed by atoms with Crippen molar-refractivity contribution in [2.45, 2.75) is 30.3 Å². The first-order valence-corrected chi connectivity index (χ1v) is 10.6. The fourth-order valence-electron chi connectivity index (χ4n) is 3.06. The van der Waals surface area contributed by atoms with Crippen molar-refractivity contribution in [2.24, 2.45) is 5.14 Å². The lowest BCUT2D eigenvalue weighted by atomic mass is 10.0. The van der Waals surface area contributed by atoms with Crippen molar-refractivity contribution in [1.82, 2.24) is 4.90 Å². The van der Waals surface area contributed by atoms with E-state index in [1.165, 1.54) is 17.7 Å². The Balaban J connectivity index is 1.65. The highest BCUT2D eigenvalue weighted by Crippen LogP contribution is 2.29. The van der Waals surface area contributed by atoms with Gasteiger partial charge in [-0.1, -0.05) is 0 Å². The number of nitro groups is 1. The second-order valence-electron chi connectivity index (χ2n) is 6.31. The van der Waals surface area contributed by atoms with Crippen molar-refractivity contribution in [1.29, 1.82) is 0 Å². The van der Waals surface area contributed by atoms with Gasteiger partial charge in [-0.25, -0.2) is 13.6 Å². The highest BCUT2D eigenvalue weighted by Gasteiger charge is 2.24. The second-order valence-corrected chi connectivity index (χ2v) is 8.65. The van der Waals surface area contributed by atoms with Gasteiger partial charge in [0.2, 0.25) is 10.0 Å². The number of sulfonamides is 1. The molecular weight excluding hydrogens is 376 g/mol. The molecule has 2 heterocycles. The summed E-state index contributed by atoms with van der Waals surface area (Å²) in [6.45, 7) is 2.71. The Morgan fingerprint density at radius 3 is 2.62 bits per heavy atom. The number of anilines is 1. The molecule has 0 unspecified atom stereocenters. The van der Waals surface area contributed by atoms with E-state index in [4.69, 9.17) is 5.14 Å². The number of hydrogen-bond donors (Lipinski definition) is 2. The summed E-state index contributed by atoms with van der Waals surface area (Å²) in [5.74, 6) is 0. The van der Waals surface area contributed by atoms with Gasteiger partial charge in [0.25, 0.3) is 5.69 Å². The Kier molecular flexibility index (Phi) is 5.56. The first-order chi connectivity index (χ1) is 12.3. The first-order valence-electron chi connectivity index (χ1n) is 8.14. The van der Waals surface area contributed by atoms with E-state index >= 15 is 0 Å². The molecule has 26 heavy (non-hydrogen) atoms. The van der Waals surface area contributed by atoms with E-state index in [0.717, 1.165) is 38.5 Å². The number of likely N-dealkylation sites (tertiary alicyclic amines) is 1. The maximum atomic E-state index is 11.4. The van der Waals surface area contributed by atoms with Crippen molar-refractivity contribution >= 4 is 32.7 Å². The molecule has 0 spiro atoms. The lowest BCUT2D eigenvalue weighted by molar-refractivity contribution is -0.384. The third-order valence-electron chi connectivity index (χ3n) is 4.43. The van der Waals surface area contributed by atoms with Crippen LogP contribution < -0.4 is 10.5 Å². The Labute approximate surface area is 155 Å². The molecule has 3 rings (SSSR count). The van der Waals surface area contributed by atoms with Gasteiger partial charge >= 0.3 is 0 Å². The molecule has 0 aliphatic carbocycles. The minimum Gasteiger partial charge on any atom is -0.377 e. The molecule has 140 valence electrons. The lowest BCUT2D eigenvalue weighted by Crippen LogP contribution is -2.38. The molecule has 1 aliphatic rings. The van der Waals surface area contributed by atoms with Crippen molar-refractivity contribution in [3.8, 4) is 0 Å². The van der Waals surface area contributed by atoms with Gasteiger partial charge < -0.3 is 5.32 Å². The average Bonchev–Trinajstić information content (AvgIpc) is 3.09. The molecule has 8 nitrogen and oxygen atoms in total. The molecule has 1 saturated heterocycles. The van der Waals surface area contributed by atoms with E-state index < -0.39 is 14.9 Å². The van der Waals surface area contributed by atoms with Crippen LogP contribution >= 0.6 is 11.3 Å². The molecule has 1 aromatic heterocycles. The Morgan fingerprint density at radius 1 is 1.31 bits per heavy atom. The molecular formula is C16H20N4O4S2. The molecule has 3 N–H and O–H groups in total. The number of thiophene rings is 1. The van der Waals surface area contributed by atoms with Crippen LogP contribution in [-0.2, 0) is 16.6 Å². The summed E-state index contributed by atoms with van der Waals surface area (Å²) in [5, 5.41) is 23.7. The predicted molar refractivity (Wildman–Crippen MR) is 101 cm³/mol. The lowest BCUT2D eigenvalue weighted by Gasteiger charge is -2.32. The van der Waals surface area contributed by atoms with Crippen LogP contribution in [0.25, 0.3) is 0 Å². The third-order valence-corrected chi connectivity index (χ3v) is 6.07. The molecule has 1 aromatic carbocycles. The zero-order valence-electron chi connectivity index (χ0n) is 14.0. The maximum Gasteiger partial charge on any atom is 0.293 e. The van der Waals surface area contributed by atoms with Gasteiger partial charge in [0.05, 0.1) is 9.82 Å². The SMILES string of the molecule is NS(=O)(=O)c1ccc(NC2CCN(Cc3ccsc3)CC2)c([N+](=O)[O-])c1. The maximum absolute atomic E-state index is 11.4. The van der Waals surface area contributed by atoms with Crippen molar-refractivity contribution < 1.29 is 13.3 Å². The van der Waals surface area contributed by atoms with Crippen molar-refractivity contribution in [3.63, 3.8) is 0 Å². The summed E-state index contributed by atoms with van der Waals surface area (Å²) in [6.07, 6.45) is 1.72. The van der Waals surface area contributed by atoms with Crippen LogP contribution in [0.3, 0.4) is 0 Å². The number of nitrogens with two attached hydrogens (primary N) is 1. The standard InChI is InChI=1S/C16H20N4O4S2/c17-26(23,24)14-1-2-15(16(9-14)20(21)22)18-13-3-6-19(7-4-13)10-12-5-8-25-11-12/h1-2,5,8-9,11,13,18H,3-4,6-7,10H2,(H2,17,23,24). The van der Waals surface area contributed by atoms with E-state index in [9.17, 15) is 18.5 Å². The summed E-state index contributed by atoms with van der Waals surface area (Å²) in [7, 11) is -3.98. The molecule has 0 atom stereocenters. The quantitative estimate of drug-likeness (QED) is 0.572. The zero-order chi connectivity index (χ0) is 18.7. The summed E-state index contributed by atoms with van der Waals surface area (Å²) in [4.78, 5) is 12.8. The molecule has 0 radical (unpaired) electrons. The number of benzene rings is 1. The molecule has 0 amide bonds. The number of piperidine rings is 1. The number of nitrogens with one attached hydrogen (secondary N) is 1. The first kappa shape index (κ1) is 18.8. The van der Waals surface area contributed by atoms with Gasteiger partial charge in [-0.2, -0.15) is 11.3 Å². The molecule has 1 fully saturated rings. The molecule has 1 aliphatic heterocycles.